The van der Waals surface area contributed by atoms with Crippen LogP contribution in [-0.2, 0) is 12.8 Å². The zero-order valence-corrected chi connectivity index (χ0v) is 14.7. The molecule has 0 spiro atoms. The van der Waals surface area contributed by atoms with Crippen LogP contribution in [0.4, 0.5) is 0 Å². The summed E-state index contributed by atoms with van der Waals surface area (Å²) in [4.78, 5) is 16.9. The summed E-state index contributed by atoms with van der Waals surface area (Å²) in [5.74, 6) is 0.465. The predicted molar refractivity (Wildman–Crippen MR) is 98.2 cm³/mol. The third-order valence-corrected chi connectivity index (χ3v) is 5.62. The van der Waals surface area contributed by atoms with E-state index in [2.05, 4.69) is 34.6 Å². The fourth-order valence-electron chi connectivity index (χ4n) is 3.45. The topological polar surface area (TPSA) is 68.0 Å². The summed E-state index contributed by atoms with van der Waals surface area (Å²) in [5, 5.41) is 6.01. The van der Waals surface area contributed by atoms with Gasteiger partial charge in [-0.1, -0.05) is 43.2 Å². The van der Waals surface area contributed by atoms with E-state index in [4.69, 9.17) is 5.73 Å². The van der Waals surface area contributed by atoms with E-state index < -0.39 is 0 Å². The number of nitrogens with zero attached hydrogens (tertiary/aromatic N) is 1. The minimum atomic E-state index is -0.0421. The number of rotatable bonds is 6. The minimum Gasteiger partial charge on any atom is -0.348 e. The molecule has 1 fully saturated rings. The van der Waals surface area contributed by atoms with Gasteiger partial charge >= 0.3 is 0 Å². The Hall–Kier alpha value is -1.72. The Bertz CT molecular complexity index is 656. The quantitative estimate of drug-likeness (QED) is 0.846. The van der Waals surface area contributed by atoms with Crippen molar-refractivity contribution in [1.29, 1.82) is 0 Å². The van der Waals surface area contributed by atoms with Crippen LogP contribution in [0.1, 0.15) is 46.7 Å². The molecule has 128 valence electrons. The van der Waals surface area contributed by atoms with Crippen molar-refractivity contribution in [3.8, 4) is 0 Å². The van der Waals surface area contributed by atoms with Crippen LogP contribution in [0.25, 0.3) is 0 Å². The van der Waals surface area contributed by atoms with Crippen LogP contribution in [0.3, 0.4) is 0 Å². The molecule has 1 heterocycles. The standard InChI is InChI=1S/C19H25N3OS/c20-11-10-18-21-17(13-24-18)19(23)22-16-9-5-4-8-15(16)12-14-6-2-1-3-7-14/h1-3,6-7,13,15-16H,4-5,8-12,20H2,(H,22,23). The van der Waals surface area contributed by atoms with E-state index in [1.807, 2.05) is 11.4 Å². The Balaban J connectivity index is 1.63. The third kappa shape index (κ3) is 4.42. The van der Waals surface area contributed by atoms with Crippen LogP contribution in [0, 0.1) is 5.92 Å². The Kier molecular flexibility index (Phi) is 5.99. The van der Waals surface area contributed by atoms with Crippen LogP contribution in [0.5, 0.6) is 0 Å². The number of carbonyl (C=O) groups excluding carboxylic acids is 1. The van der Waals surface area contributed by atoms with Crippen molar-refractivity contribution in [2.24, 2.45) is 11.7 Å². The molecule has 4 nitrogen and oxygen atoms in total. The Labute approximate surface area is 147 Å². The van der Waals surface area contributed by atoms with Crippen molar-refractivity contribution in [3.05, 3.63) is 52.0 Å². The lowest BCUT2D eigenvalue weighted by Crippen LogP contribution is -2.43. The summed E-state index contributed by atoms with van der Waals surface area (Å²) >= 11 is 1.52. The third-order valence-electron chi connectivity index (χ3n) is 4.71. The van der Waals surface area contributed by atoms with Crippen molar-refractivity contribution in [1.82, 2.24) is 10.3 Å². The number of hydrogen-bond donors (Lipinski definition) is 2. The van der Waals surface area contributed by atoms with Crippen molar-refractivity contribution < 1.29 is 4.79 Å². The number of nitrogens with one attached hydrogen (secondary N) is 1. The van der Waals surface area contributed by atoms with Gasteiger partial charge in [0.15, 0.2) is 0 Å². The van der Waals surface area contributed by atoms with Gasteiger partial charge in [-0.15, -0.1) is 11.3 Å². The molecule has 2 unspecified atom stereocenters. The first-order valence-electron chi connectivity index (χ1n) is 8.75. The molecule has 1 aliphatic carbocycles. The number of carbonyl (C=O) groups is 1. The monoisotopic (exact) mass is 343 g/mol. The normalized spacial score (nSPS) is 20.7. The molecular weight excluding hydrogens is 318 g/mol. The molecule has 2 aromatic rings. The Morgan fingerprint density at radius 3 is 2.83 bits per heavy atom. The molecule has 1 aliphatic rings. The van der Waals surface area contributed by atoms with Crippen molar-refractivity contribution in [3.63, 3.8) is 0 Å². The fraction of sp³-hybridized carbons (Fsp3) is 0.474. The molecule has 1 saturated carbocycles. The maximum atomic E-state index is 12.5. The van der Waals surface area contributed by atoms with Gasteiger partial charge in [-0.25, -0.2) is 4.98 Å². The van der Waals surface area contributed by atoms with Gasteiger partial charge in [-0.05, 0) is 37.3 Å². The molecule has 0 bridgehead atoms. The van der Waals surface area contributed by atoms with E-state index in [1.165, 1.54) is 36.2 Å². The molecular formula is C19H25N3OS. The lowest BCUT2D eigenvalue weighted by Gasteiger charge is -2.32. The molecule has 1 aromatic carbocycles. The smallest absolute Gasteiger partial charge is 0.270 e. The number of hydrogen-bond acceptors (Lipinski definition) is 4. The average Bonchev–Trinajstić information content (AvgIpc) is 3.07. The van der Waals surface area contributed by atoms with Crippen molar-refractivity contribution >= 4 is 17.2 Å². The number of thiazole rings is 1. The zero-order chi connectivity index (χ0) is 16.8. The van der Waals surface area contributed by atoms with E-state index in [0.717, 1.165) is 24.3 Å². The second kappa shape index (κ2) is 8.40. The van der Waals surface area contributed by atoms with Crippen LogP contribution in [0.2, 0.25) is 0 Å². The minimum absolute atomic E-state index is 0.0421. The molecule has 24 heavy (non-hydrogen) atoms. The summed E-state index contributed by atoms with van der Waals surface area (Å²) in [6.45, 7) is 0.566. The van der Waals surface area contributed by atoms with Crippen LogP contribution < -0.4 is 11.1 Å². The molecule has 1 amide bonds. The van der Waals surface area contributed by atoms with Crippen LogP contribution in [-0.4, -0.2) is 23.5 Å². The van der Waals surface area contributed by atoms with E-state index in [-0.39, 0.29) is 11.9 Å². The first-order chi connectivity index (χ1) is 11.8. The van der Waals surface area contributed by atoms with Gasteiger partial charge in [0.05, 0.1) is 5.01 Å². The Morgan fingerprint density at radius 2 is 2.04 bits per heavy atom. The molecule has 0 saturated heterocycles. The van der Waals surface area contributed by atoms with E-state index in [0.29, 0.717) is 18.2 Å². The molecule has 0 aliphatic heterocycles. The van der Waals surface area contributed by atoms with Crippen molar-refractivity contribution in [2.75, 3.05) is 6.54 Å². The highest BCUT2D eigenvalue weighted by atomic mass is 32.1. The number of amides is 1. The average molecular weight is 343 g/mol. The van der Waals surface area contributed by atoms with Gasteiger partial charge in [0.1, 0.15) is 5.69 Å². The molecule has 1 aromatic heterocycles. The van der Waals surface area contributed by atoms with Gasteiger partial charge in [0, 0.05) is 17.8 Å². The number of nitrogens with two attached hydrogens (primary N) is 1. The lowest BCUT2D eigenvalue weighted by molar-refractivity contribution is 0.0901. The highest BCUT2D eigenvalue weighted by Crippen LogP contribution is 2.28. The summed E-state index contributed by atoms with van der Waals surface area (Å²) in [6.07, 6.45) is 6.44. The molecule has 3 rings (SSSR count). The van der Waals surface area contributed by atoms with Gasteiger partial charge in [-0.3, -0.25) is 4.79 Å². The summed E-state index contributed by atoms with van der Waals surface area (Å²) in [5.41, 5.74) is 7.44. The van der Waals surface area contributed by atoms with Crippen LogP contribution in [0.15, 0.2) is 35.7 Å². The molecule has 0 radical (unpaired) electrons. The summed E-state index contributed by atoms with van der Waals surface area (Å²) in [7, 11) is 0. The highest BCUT2D eigenvalue weighted by Gasteiger charge is 2.27. The SMILES string of the molecule is NCCc1nc(C(=O)NC2CCCCC2Cc2ccccc2)cs1. The number of benzene rings is 1. The first-order valence-corrected chi connectivity index (χ1v) is 9.63. The van der Waals surface area contributed by atoms with Gasteiger partial charge in [0.25, 0.3) is 5.91 Å². The largest absolute Gasteiger partial charge is 0.348 e. The fourth-order valence-corrected chi connectivity index (χ4v) is 4.25. The first kappa shape index (κ1) is 17.1. The second-order valence-electron chi connectivity index (χ2n) is 6.48. The highest BCUT2D eigenvalue weighted by molar-refractivity contribution is 7.09. The molecule has 3 N–H and O–H groups in total. The summed E-state index contributed by atoms with van der Waals surface area (Å²) in [6, 6.07) is 10.8. The number of aromatic nitrogens is 1. The second-order valence-corrected chi connectivity index (χ2v) is 7.42. The maximum absolute atomic E-state index is 12.5. The van der Waals surface area contributed by atoms with Crippen LogP contribution >= 0.6 is 11.3 Å². The van der Waals surface area contributed by atoms with Crippen molar-refractivity contribution in [2.45, 2.75) is 44.6 Å². The van der Waals surface area contributed by atoms with E-state index >= 15 is 0 Å². The van der Waals surface area contributed by atoms with E-state index in [9.17, 15) is 4.79 Å². The van der Waals surface area contributed by atoms with Gasteiger partial charge in [0.2, 0.25) is 0 Å². The van der Waals surface area contributed by atoms with Gasteiger partial charge in [-0.2, -0.15) is 0 Å². The Morgan fingerprint density at radius 1 is 1.25 bits per heavy atom. The van der Waals surface area contributed by atoms with E-state index in [1.54, 1.807) is 0 Å². The molecule has 5 heteroatoms. The maximum Gasteiger partial charge on any atom is 0.270 e. The lowest BCUT2D eigenvalue weighted by atomic mass is 9.80. The molecule has 2 atom stereocenters. The van der Waals surface area contributed by atoms with Gasteiger partial charge < -0.3 is 11.1 Å². The zero-order valence-electron chi connectivity index (χ0n) is 13.9. The summed E-state index contributed by atoms with van der Waals surface area (Å²) < 4.78 is 0. The predicted octanol–water partition coefficient (Wildman–Crippen LogP) is 3.18.